The summed E-state index contributed by atoms with van der Waals surface area (Å²) in [4.78, 5) is 21.0. The average Bonchev–Trinajstić information content (AvgIpc) is 3.34. The maximum atomic E-state index is 11.9. The van der Waals surface area contributed by atoms with Crippen LogP contribution >= 0.6 is 11.8 Å². The molecule has 5 rings (SSSR count). The molecule has 0 radical (unpaired) electrons. The summed E-state index contributed by atoms with van der Waals surface area (Å²) in [5.74, 6) is 0.732. The van der Waals surface area contributed by atoms with Crippen LogP contribution in [0.15, 0.2) is 65.8 Å². The number of nitrogens with zero attached hydrogens (tertiary/aromatic N) is 4. The highest BCUT2D eigenvalue weighted by molar-refractivity contribution is 7.98. The molecule has 1 N–H and O–H groups in total. The van der Waals surface area contributed by atoms with E-state index in [1.165, 1.54) is 0 Å². The topological polar surface area (TPSA) is 72.7 Å². The van der Waals surface area contributed by atoms with Gasteiger partial charge in [0.1, 0.15) is 5.03 Å². The molecule has 1 aliphatic rings. The summed E-state index contributed by atoms with van der Waals surface area (Å²) in [6.07, 6.45) is 5.16. The molecule has 4 aromatic rings. The van der Waals surface area contributed by atoms with Crippen molar-refractivity contribution in [2.45, 2.75) is 24.8 Å². The first-order chi connectivity index (χ1) is 15.1. The van der Waals surface area contributed by atoms with Crippen molar-refractivity contribution >= 4 is 29.2 Å². The molecule has 0 amide bonds. The summed E-state index contributed by atoms with van der Waals surface area (Å²) in [5, 5.41) is 9.01. The molecule has 154 valence electrons. The molecule has 2 aromatic heterocycles. The highest BCUT2D eigenvalue weighted by Crippen LogP contribution is 2.33. The number of ketones is 1. The highest BCUT2D eigenvalue weighted by Gasteiger charge is 2.20. The number of carbonyl (C=O) groups excluding carboxylic acids is 1. The maximum absolute atomic E-state index is 11.9. The number of Topliss-reactive ketones (excluding diaryl/α,β-unsaturated/α-hetero) is 1. The first-order valence-electron chi connectivity index (χ1n) is 10.1. The standard InChI is InChI=1S/C24H21N5OS/c1-15-22(23(31-2)28-29(15)18-6-4-3-5-7-18)20-12-13-25-24(27-20)26-17-9-10-19-16(14-17)8-11-21(19)30/h3-7,9-10,12-14H,8,11H2,1-2H3,(H,25,26,27). The second-order valence-corrected chi connectivity index (χ2v) is 8.20. The monoisotopic (exact) mass is 427 g/mol. The molecule has 0 saturated carbocycles. The van der Waals surface area contributed by atoms with Gasteiger partial charge in [-0.3, -0.25) is 4.79 Å². The zero-order valence-electron chi connectivity index (χ0n) is 17.3. The van der Waals surface area contributed by atoms with E-state index in [9.17, 15) is 4.79 Å². The molecule has 2 aromatic carbocycles. The third kappa shape index (κ3) is 3.61. The van der Waals surface area contributed by atoms with Crippen LogP contribution in [-0.2, 0) is 6.42 Å². The van der Waals surface area contributed by atoms with Crippen LogP contribution < -0.4 is 5.32 Å². The fourth-order valence-corrected chi connectivity index (χ4v) is 4.58. The normalized spacial score (nSPS) is 12.8. The average molecular weight is 428 g/mol. The zero-order chi connectivity index (χ0) is 21.4. The highest BCUT2D eigenvalue weighted by atomic mass is 32.2. The van der Waals surface area contributed by atoms with Crippen LogP contribution in [0.4, 0.5) is 11.6 Å². The van der Waals surface area contributed by atoms with Crippen molar-refractivity contribution in [3.05, 3.63) is 77.6 Å². The van der Waals surface area contributed by atoms with Crippen LogP contribution in [0.2, 0.25) is 0 Å². The first kappa shape index (κ1) is 19.5. The molecule has 0 atom stereocenters. The number of carbonyl (C=O) groups is 1. The lowest BCUT2D eigenvalue weighted by Gasteiger charge is -2.09. The first-order valence-corrected chi connectivity index (χ1v) is 11.3. The van der Waals surface area contributed by atoms with Crippen molar-refractivity contribution in [2.24, 2.45) is 0 Å². The van der Waals surface area contributed by atoms with Crippen molar-refractivity contribution in [2.75, 3.05) is 11.6 Å². The second-order valence-electron chi connectivity index (χ2n) is 7.40. The lowest BCUT2D eigenvalue weighted by Crippen LogP contribution is -2.00. The van der Waals surface area contributed by atoms with Crippen LogP contribution in [0.5, 0.6) is 0 Å². The summed E-state index contributed by atoms with van der Waals surface area (Å²) in [5.41, 5.74) is 6.65. The van der Waals surface area contributed by atoms with Gasteiger partial charge in [0.15, 0.2) is 5.78 Å². The number of thioether (sulfide) groups is 1. The van der Waals surface area contributed by atoms with Crippen LogP contribution in [0.25, 0.3) is 16.9 Å². The molecule has 0 aliphatic heterocycles. The van der Waals surface area contributed by atoms with Gasteiger partial charge in [0.2, 0.25) is 5.95 Å². The van der Waals surface area contributed by atoms with Crippen molar-refractivity contribution in [1.29, 1.82) is 0 Å². The van der Waals surface area contributed by atoms with Gasteiger partial charge < -0.3 is 5.32 Å². The van der Waals surface area contributed by atoms with Gasteiger partial charge in [-0.2, -0.15) is 5.10 Å². The van der Waals surface area contributed by atoms with Crippen LogP contribution in [-0.4, -0.2) is 31.8 Å². The van der Waals surface area contributed by atoms with E-state index in [1.54, 1.807) is 18.0 Å². The molecule has 0 saturated heterocycles. The van der Waals surface area contributed by atoms with Gasteiger partial charge in [0, 0.05) is 23.9 Å². The number of rotatable bonds is 5. The molecule has 7 heteroatoms. The number of nitrogens with one attached hydrogen (secondary N) is 1. The minimum absolute atomic E-state index is 0.218. The summed E-state index contributed by atoms with van der Waals surface area (Å²) in [7, 11) is 0. The third-order valence-corrected chi connectivity index (χ3v) is 6.15. The Morgan fingerprint density at radius 3 is 2.71 bits per heavy atom. The molecular formula is C24H21N5OS. The molecule has 6 nitrogen and oxygen atoms in total. The predicted molar refractivity (Wildman–Crippen MR) is 123 cm³/mol. The van der Waals surface area contributed by atoms with E-state index in [4.69, 9.17) is 10.1 Å². The number of hydrogen-bond acceptors (Lipinski definition) is 6. The Kier molecular flexibility index (Phi) is 5.03. The fraction of sp³-hybridized carbons (Fsp3) is 0.167. The Morgan fingerprint density at radius 1 is 1.06 bits per heavy atom. The summed E-state index contributed by atoms with van der Waals surface area (Å²) in [6.45, 7) is 2.06. The van der Waals surface area contributed by atoms with Gasteiger partial charge in [0.25, 0.3) is 0 Å². The van der Waals surface area contributed by atoms with Gasteiger partial charge in [-0.05, 0) is 61.6 Å². The van der Waals surface area contributed by atoms with Gasteiger partial charge in [0.05, 0.1) is 22.6 Å². The second kappa shape index (κ2) is 8.00. The van der Waals surface area contributed by atoms with Gasteiger partial charge in [-0.15, -0.1) is 11.8 Å². The molecule has 0 fully saturated rings. The Hall–Kier alpha value is -3.45. The Bertz CT molecular complexity index is 1280. The summed E-state index contributed by atoms with van der Waals surface area (Å²) in [6, 6.07) is 17.8. The molecule has 2 heterocycles. The quantitative estimate of drug-likeness (QED) is 0.440. The Labute approximate surface area is 184 Å². The lowest BCUT2D eigenvalue weighted by atomic mass is 10.1. The number of aromatic nitrogens is 4. The number of benzene rings is 2. The van der Waals surface area contributed by atoms with Gasteiger partial charge in [-0.1, -0.05) is 18.2 Å². The third-order valence-electron chi connectivity index (χ3n) is 5.47. The van der Waals surface area contributed by atoms with Gasteiger partial charge in [-0.25, -0.2) is 14.6 Å². The molecule has 1 aliphatic carbocycles. The number of anilines is 2. The fourth-order valence-electron chi connectivity index (χ4n) is 3.96. The van der Waals surface area contributed by atoms with E-state index in [0.29, 0.717) is 12.4 Å². The summed E-state index contributed by atoms with van der Waals surface area (Å²) < 4.78 is 1.95. The molecule has 0 spiro atoms. The van der Waals surface area contributed by atoms with Crippen LogP contribution in [0.3, 0.4) is 0 Å². The van der Waals surface area contributed by atoms with Crippen molar-refractivity contribution in [1.82, 2.24) is 19.7 Å². The molecule has 0 unspecified atom stereocenters. The van der Waals surface area contributed by atoms with E-state index in [1.807, 2.05) is 65.5 Å². The van der Waals surface area contributed by atoms with Crippen molar-refractivity contribution < 1.29 is 4.79 Å². The van der Waals surface area contributed by atoms with E-state index >= 15 is 0 Å². The number of hydrogen-bond donors (Lipinski definition) is 1. The van der Waals surface area contributed by atoms with E-state index in [-0.39, 0.29) is 5.78 Å². The predicted octanol–water partition coefficient (Wildman–Crippen LogP) is 5.23. The molecule has 0 bridgehead atoms. The maximum Gasteiger partial charge on any atom is 0.227 e. The Morgan fingerprint density at radius 2 is 1.90 bits per heavy atom. The number of fused-ring (bicyclic) bond motifs is 1. The number of aryl methyl sites for hydroxylation is 1. The van der Waals surface area contributed by atoms with Crippen LogP contribution in [0, 0.1) is 6.92 Å². The van der Waals surface area contributed by atoms with Gasteiger partial charge >= 0.3 is 0 Å². The molecular weight excluding hydrogens is 406 g/mol. The number of para-hydroxylation sites is 1. The van der Waals surface area contributed by atoms with Crippen molar-refractivity contribution in [3.8, 4) is 16.9 Å². The van der Waals surface area contributed by atoms with Crippen molar-refractivity contribution in [3.63, 3.8) is 0 Å². The minimum atomic E-state index is 0.218. The minimum Gasteiger partial charge on any atom is -0.324 e. The van der Waals surface area contributed by atoms with E-state index in [2.05, 4.69) is 17.2 Å². The zero-order valence-corrected chi connectivity index (χ0v) is 18.1. The summed E-state index contributed by atoms with van der Waals surface area (Å²) >= 11 is 1.60. The smallest absolute Gasteiger partial charge is 0.227 e. The van der Waals surface area contributed by atoms with E-state index in [0.717, 1.165) is 50.9 Å². The van der Waals surface area contributed by atoms with Crippen LogP contribution in [0.1, 0.15) is 28.0 Å². The molecule has 31 heavy (non-hydrogen) atoms. The van der Waals surface area contributed by atoms with E-state index < -0.39 is 0 Å². The Balaban J connectivity index is 1.50. The largest absolute Gasteiger partial charge is 0.324 e. The SMILES string of the molecule is CSc1nn(-c2ccccc2)c(C)c1-c1ccnc(Nc2ccc3c(c2)CCC3=O)n1. The lowest BCUT2D eigenvalue weighted by molar-refractivity contribution is 0.0994.